The molecular formula is C22H23N5O2S. The summed E-state index contributed by atoms with van der Waals surface area (Å²) in [4.78, 5) is 27.1. The fraction of sp³-hybridized carbons (Fsp3) is 0.273. The van der Waals surface area contributed by atoms with Crippen molar-refractivity contribution in [2.75, 3.05) is 17.2 Å². The van der Waals surface area contributed by atoms with Crippen LogP contribution in [0.25, 0.3) is 10.6 Å². The average Bonchev–Trinajstić information content (AvgIpc) is 3.38. The smallest absolute Gasteiger partial charge is 0.312 e. The first-order chi connectivity index (χ1) is 14.5. The molecule has 1 aliphatic rings. The Morgan fingerprint density at radius 1 is 1.03 bits per heavy atom. The molecule has 2 heterocycles. The fourth-order valence-electron chi connectivity index (χ4n) is 3.48. The number of amides is 3. The number of urea groups is 1. The summed E-state index contributed by atoms with van der Waals surface area (Å²) in [6.45, 7) is 4.53. The van der Waals surface area contributed by atoms with E-state index in [1.54, 1.807) is 4.90 Å². The van der Waals surface area contributed by atoms with Crippen molar-refractivity contribution in [3.8, 4) is 10.6 Å². The van der Waals surface area contributed by atoms with Crippen LogP contribution in [0.4, 0.5) is 15.6 Å². The molecule has 30 heavy (non-hydrogen) atoms. The first kappa shape index (κ1) is 20.0. The van der Waals surface area contributed by atoms with Gasteiger partial charge in [-0.2, -0.15) is 0 Å². The predicted molar refractivity (Wildman–Crippen MR) is 119 cm³/mol. The van der Waals surface area contributed by atoms with Crippen molar-refractivity contribution < 1.29 is 9.59 Å². The summed E-state index contributed by atoms with van der Waals surface area (Å²) >= 11 is 1.32. The average molecular weight is 422 g/mol. The monoisotopic (exact) mass is 421 g/mol. The first-order valence-electron chi connectivity index (χ1n) is 9.85. The Morgan fingerprint density at radius 2 is 1.83 bits per heavy atom. The summed E-state index contributed by atoms with van der Waals surface area (Å²) in [6.07, 6.45) is 1.40. The van der Waals surface area contributed by atoms with Crippen molar-refractivity contribution in [3.05, 3.63) is 59.7 Å². The van der Waals surface area contributed by atoms with E-state index in [-0.39, 0.29) is 11.9 Å². The minimum absolute atomic E-state index is 0.238. The van der Waals surface area contributed by atoms with E-state index in [1.807, 2.05) is 62.4 Å². The number of rotatable bonds is 4. The molecule has 154 valence electrons. The van der Waals surface area contributed by atoms with Crippen LogP contribution in [0.1, 0.15) is 24.0 Å². The van der Waals surface area contributed by atoms with Crippen LogP contribution >= 0.6 is 11.3 Å². The molecule has 3 aromatic rings. The molecule has 4 rings (SSSR count). The first-order valence-corrected chi connectivity index (χ1v) is 10.7. The minimum atomic E-state index is -0.526. The third-order valence-corrected chi connectivity index (χ3v) is 5.93. The Kier molecular flexibility index (Phi) is 5.76. The predicted octanol–water partition coefficient (Wildman–Crippen LogP) is 4.46. The third kappa shape index (κ3) is 4.49. The molecule has 7 nitrogen and oxygen atoms in total. The zero-order valence-corrected chi connectivity index (χ0v) is 17.7. The van der Waals surface area contributed by atoms with Crippen molar-refractivity contribution in [2.24, 2.45) is 0 Å². The molecule has 1 saturated heterocycles. The SMILES string of the molecule is Cc1ccc(-c2nnc(NC(=O)C3CCCN3C(=O)Nc3cccc(C)c3)s2)cc1. The summed E-state index contributed by atoms with van der Waals surface area (Å²) in [5.41, 5.74) is 3.91. The van der Waals surface area contributed by atoms with Gasteiger partial charge < -0.3 is 10.2 Å². The Labute approximate surface area is 179 Å². The molecule has 1 aliphatic heterocycles. The zero-order valence-electron chi connectivity index (χ0n) is 16.9. The molecule has 3 amide bonds. The summed E-state index contributed by atoms with van der Waals surface area (Å²) < 4.78 is 0. The van der Waals surface area contributed by atoms with Crippen LogP contribution in [-0.4, -0.2) is 39.6 Å². The van der Waals surface area contributed by atoms with Crippen molar-refractivity contribution in [3.63, 3.8) is 0 Å². The van der Waals surface area contributed by atoms with E-state index in [1.165, 1.54) is 16.9 Å². The van der Waals surface area contributed by atoms with E-state index in [0.717, 1.165) is 28.2 Å². The van der Waals surface area contributed by atoms with E-state index < -0.39 is 6.04 Å². The van der Waals surface area contributed by atoms with Gasteiger partial charge in [0.2, 0.25) is 11.0 Å². The van der Waals surface area contributed by atoms with E-state index in [0.29, 0.717) is 18.1 Å². The van der Waals surface area contributed by atoms with Crippen LogP contribution in [0.15, 0.2) is 48.5 Å². The Morgan fingerprint density at radius 3 is 2.60 bits per heavy atom. The number of benzene rings is 2. The van der Waals surface area contributed by atoms with E-state index in [2.05, 4.69) is 20.8 Å². The van der Waals surface area contributed by atoms with Gasteiger partial charge in [0.25, 0.3) is 0 Å². The molecule has 0 saturated carbocycles. The number of nitrogens with one attached hydrogen (secondary N) is 2. The summed E-state index contributed by atoms with van der Waals surface area (Å²) in [6, 6.07) is 14.8. The molecule has 2 N–H and O–H groups in total. The van der Waals surface area contributed by atoms with Gasteiger partial charge in [0.05, 0.1) is 0 Å². The number of nitrogens with zero attached hydrogens (tertiary/aromatic N) is 3. The maximum absolute atomic E-state index is 12.8. The van der Waals surface area contributed by atoms with E-state index >= 15 is 0 Å². The molecule has 0 aliphatic carbocycles. The highest BCUT2D eigenvalue weighted by Gasteiger charge is 2.34. The second-order valence-electron chi connectivity index (χ2n) is 7.42. The lowest BCUT2D eigenvalue weighted by molar-refractivity contribution is -0.119. The number of aromatic nitrogens is 2. The Bertz CT molecular complexity index is 1060. The van der Waals surface area contributed by atoms with Gasteiger partial charge in [0.15, 0.2) is 0 Å². The van der Waals surface area contributed by atoms with Gasteiger partial charge >= 0.3 is 6.03 Å². The highest BCUT2D eigenvalue weighted by molar-refractivity contribution is 7.18. The number of carbonyl (C=O) groups excluding carboxylic acids is 2. The van der Waals surface area contributed by atoms with Gasteiger partial charge in [-0.25, -0.2) is 4.79 Å². The largest absolute Gasteiger partial charge is 0.322 e. The van der Waals surface area contributed by atoms with Gasteiger partial charge in [-0.3, -0.25) is 10.1 Å². The second-order valence-corrected chi connectivity index (χ2v) is 8.40. The Balaban J connectivity index is 1.41. The number of hydrogen-bond acceptors (Lipinski definition) is 5. The molecule has 1 aromatic heterocycles. The highest BCUT2D eigenvalue weighted by Crippen LogP contribution is 2.27. The molecule has 0 bridgehead atoms. The van der Waals surface area contributed by atoms with Gasteiger partial charge in [-0.1, -0.05) is 53.3 Å². The minimum Gasteiger partial charge on any atom is -0.312 e. The summed E-state index contributed by atoms with van der Waals surface area (Å²) in [7, 11) is 0. The van der Waals surface area contributed by atoms with E-state index in [4.69, 9.17) is 0 Å². The normalized spacial score (nSPS) is 15.8. The molecule has 1 unspecified atom stereocenters. The zero-order chi connectivity index (χ0) is 21.1. The topological polar surface area (TPSA) is 87.2 Å². The molecular weight excluding hydrogens is 398 g/mol. The van der Waals surface area contributed by atoms with Crippen molar-refractivity contribution >= 4 is 34.1 Å². The Hall–Kier alpha value is -3.26. The standard InChI is InChI=1S/C22H23N5O2S/c1-14-8-10-16(11-9-14)20-25-26-21(30-20)24-19(28)18-7-4-12-27(18)22(29)23-17-6-3-5-15(2)13-17/h3,5-6,8-11,13,18H,4,7,12H2,1-2H3,(H,23,29)(H,24,26,28). The molecule has 8 heteroatoms. The number of aryl methyl sites for hydroxylation is 2. The second kappa shape index (κ2) is 8.62. The van der Waals surface area contributed by atoms with Crippen molar-refractivity contribution in [1.82, 2.24) is 15.1 Å². The third-order valence-electron chi connectivity index (χ3n) is 5.04. The molecule has 1 fully saturated rings. The van der Waals surface area contributed by atoms with Crippen molar-refractivity contribution in [2.45, 2.75) is 32.7 Å². The van der Waals surface area contributed by atoms with Crippen LogP contribution in [0.5, 0.6) is 0 Å². The van der Waals surface area contributed by atoms with Gasteiger partial charge in [0, 0.05) is 17.8 Å². The van der Waals surface area contributed by atoms with Gasteiger partial charge in [-0.05, 0) is 44.4 Å². The maximum atomic E-state index is 12.8. The number of carbonyl (C=O) groups is 2. The molecule has 0 radical (unpaired) electrons. The lowest BCUT2D eigenvalue weighted by Gasteiger charge is -2.23. The van der Waals surface area contributed by atoms with E-state index in [9.17, 15) is 9.59 Å². The van der Waals surface area contributed by atoms with Crippen molar-refractivity contribution in [1.29, 1.82) is 0 Å². The van der Waals surface area contributed by atoms with Crippen LogP contribution < -0.4 is 10.6 Å². The summed E-state index contributed by atoms with van der Waals surface area (Å²) in [5.74, 6) is -0.238. The van der Waals surface area contributed by atoms with Crippen LogP contribution in [0, 0.1) is 13.8 Å². The lowest BCUT2D eigenvalue weighted by Crippen LogP contribution is -2.45. The molecule has 0 spiro atoms. The summed E-state index contributed by atoms with van der Waals surface area (Å²) in [5, 5.41) is 15.2. The van der Waals surface area contributed by atoms with Crippen LogP contribution in [0.3, 0.4) is 0 Å². The highest BCUT2D eigenvalue weighted by atomic mass is 32.1. The number of anilines is 2. The van der Waals surface area contributed by atoms with Gasteiger partial charge in [0.1, 0.15) is 11.0 Å². The molecule has 1 atom stereocenters. The number of likely N-dealkylation sites (tertiary alicyclic amines) is 1. The number of hydrogen-bond donors (Lipinski definition) is 2. The quantitative estimate of drug-likeness (QED) is 0.651. The van der Waals surface area contributed by atoms with Gasteiger partial charge in [-0.15, -0.1) is 10.2 Å². The lowest BCUT2D eigenvalue weighted by atomic mass is 10.2. The maximum Gasteiger partial charge on any atom is 0.322 e. The van der Waals surface area contributed by atoms with Crippen LogP contribution in [0.2, 0.25) is 0 Å². The molecule has 2 aromatic carbocycles. The van der Waals surface area contributed by atoms with Crippen LogP contribution in [-0.2, 0) is 4.79 Å². The fourth-order valence-corrected chi connectivity index (χ4v) is 4.23.